The van der Waals surface area contributed by atoms with Gasteiger partial charge in [0, 0.05) is 17.2 Å². The lowest BCUT2D eigenvalue weighted by Gasteiger charge is -2.10. The maximum atomic E-state index is 12.3. The molecule has 3 rings (SSSR count). The third kappa shape index (κ3) is 3.42. The summed E-state index contributed by atoms with van der Waals surface area (Å²) in [4.78, 5) is 35.0. The van der Waals surface area contributed by atoms with E-state index in [1.54, 1.807) is 24.3 Å². The Balaban J connectivity index is 1.56. The number of carboxylic acids is 1. The van der Waals surface area contributed by atoms with Crippen LogP contribution in [0.2, 0.25) is 0 Å². The summed E-state index contributed by atoms with van der Waals surface area (Å²) >= 11 is 0. The molecule has 0 radical (unpaired) electrons. The van der Waals surface area contributed by atoms with Crippen LogP contribution in [-0.2, 0) is 9.59 Å². The molecule has 0 aliphatic heterocycles. The van der Waals surface area contributed by atoms with Gasteiger partial charge in [0.1, 0.15) is 6.04 Å². The first kappa shape index (κ1) is 16.5. The number of anilines is 1. The molecule has 2 aliphatic rings. The lowest BCUT2D eigenvalue weighted by molar-refractivity contribution is -0.138. The lowest BCUT2D eigenvalue weighted by atomic mass is 10.0. The molecule has 0 aromatic heterocycles. The van der Waals surface area contributed by atoms with Gasteiger partial charge >= 0.3 is 5.97 Å². The number of hydrogen-bond donors (Lipinski definition) is 3. The van der Waals surface area contributed by atoms with Crippen LogP contribution in [-0.4, -0.2) is 28.9 Å². The summed E-state index contributed by atoms with van der Waals surface area (Å²) in [7, 11) is 0. The largest absolute Gasteiger partial charge is 0.480 e. The standard InChI is InChI=1S/C18H22N2O4/c1-10(18(23)24)19-16(21)11-6-8-12(9-7-11)20-17(22)15-13-4-2-3-5-14(13)15/h6-10,13-15H,2-5H2,1H3,(H,19,21)(H,20,22)(H,23,24). The molecule has 1 aromatic carbocycles. The molecule has 0 bridgehead atoms. The molecular weight excluding hydrogens is 308 g/mol. The van der Waals surface area contributed by atoms with Gasteiger partial charge in [-0.05, 0) is 55.9 Å². The van der Waals surface area contributed by atoms with Crippen LogP contribution in [0.5, 0.6) is 0 Å². The molecule has 0 saturated heterocycles. The zero-order valence-electron chi connectivity index (χ0n) is 13.6. The van der Waals surface area contributed by atoms with Crippen LogP contribution in [0.1, 0.15) is 43.0 Å². The van der Waals surface area contributed by atoms with Crippen LogP contribution < -0.4 is 10.6 Å². The highest BCUT2D eigenvalue weighted by Crippen LogP contribution is 2.55. The topological polar surface area (TPSA) is 95.5 Å². The lowest BCUT2D eigenvalue weighted by Crippen LogP contribution is -2.38. The van der Waals surface area contributed by atoms with Crippen molar-refractivity contribution < 1.29 is 19.5 Å². The quantitative estimate of drug-likeness (QED) is 0.771. The van der Waals surface area contributed by atoms with E-state index in [-0.39, 0.29) is 11.8 Å². The van der Waals surface area contributed by atoms with Crippen LogP contribution >= 0.6 is 0 Å². The maximum absolute atomic E-state index is 12.3. The zero-order chi connectivity index (χ0) is 17.3. The summed E-state index contributed by atoms with van der Waals surface area (Å²) < 4.78 is 0. The minimum Gasteiger partial charge on any atom is -0.480 e. The molecule has 2 aliphatic carbocycles. The number of benzene rings is 1. The van der Waals surface area contributed by atoms with Crippen molar-refractivity contribution in [2.75, 3.05) is 5.32 Å². The monoisotopic (exact) mass is 330 g/mol. The fraction of sp³-hybridized carbons (Fsp3) is 0.500. The number of aliphatic carboxylic acids is 1. The van der Waals surface area contributed by atoms with E-state index in [1.807, 2.05) is 0 Å². The molecular formula is C18H22N2O4. The number of hydrogen-bond acceptors (Lipinski definition) is 3. The van der Waals surface area contributed by atoms with E-state index in [0.717, 1.165) is 12.8 Å². The first-order valence-corrected chi connectivity index (χ1v) is 8.42. The van der Waals surface area contributed by atoms with Gasteiger partial charge in [0.15, 0.2) is 0 Å². The first-order valence-electron chi connectivity index (χ1n) is 8.42. The smallest absolute Gasteiger partial charge is 0.325 e. The van der Waals surface area contributed by atoms with Gasteiger partial charge in [0.2, 0.25) is 5.91 Å². The Morgan fingerprint density at radius 2 is 1.67 bits per heavy atom. The summed E-state index contributed by atoms with van der Waals surface area (Å²) in [6.07, 6.45) is 4.76. The summed E-state index contributed by atoms with van der Waals surface area (Å²) in [5.74, 6) is -0.202. The SMILES string of the molecule is CC(NC(=O)c1ccc(NC(=O)C2C3CCCCC32)cc1)C(=O)O. The third-order valence-corrected chi connectivity index (χ3v) is 5.09. The highest BCUT2D eigenvalue weighted by molar-refractivity contribution is 5.98. The second kappa shape index (κ2) is 6.63. The van der Waals surface area contributed by atoms with Crippen molar-refractivity contribution >= 4 is 23.5 Å². The Labute approximate surface area is 140 Å². The van der Waals surface area contributed by atoms with Crippen LogP contribution in [0.15, 0.2) is 24.3 Å². The van der Waals surface area contributed by atoms with Gasteiger partial charge in [-0.25, -0.2) is 0 Å². The minimum atomic E-state index is -1.09. The number of carbonyl (C=O) groups is 3. The van der Waals surface area contributed by atoms with E-state index < -0.39 is 17.9 Å². The molecule has 1 aromatic rings. The van der Waals surface area contributed by atoms with E-state index >= 15 is 0 Å². The van der Waals surface area contributed by atoms with Gasteiger partial charge in [0.05, 0.1) is 0 Å². The van der Waals surface area contributed by atoms with Gasteiger partial charge in [-0.1, -0.05) is 12.8 Å². The predicted octanol–water partition coefficient (Wildman–Crippen LogP) is 2.26. The molecule has 0 spiro atoms. The fourth-order valence-electron chi connectivity index (χ4n) is 3.65. The number of carbonyl (C=O) groups excluding carboxylic acids is 2. The third-order valence-electron chi connectivity index (χ3n) is 5.09. The van der Waals surface area contributed by atoms with Crippen molar-refractivity contribution in [3.05, 3.63) is 29.8 Å². The summed E-state index contributed by atoms with van der Waals surface area (Å²) in [5.41, 5.74) is 1.02. The maximum Gasteiger partial charge on any atom is 0.325 e. The normalized spacial score (nSPS) is 26.0. The van der Waals surface area contributed by atoms with Crippen LogP contribution in [0.4, 0.5) is 5.69 Å². The highest BCUT2D eigenvalue weighted by atomic mass is 16.4. The average molecular weight is 330 g/mol. The van der Waals surface area contributed by atoms with Gasteiger partial charge < -0.3 is 15.7 Å². The molecule has 128 valence electrons. The molecule has 3 unspecified atom stereocenters. The van der Waals surface area contributed by atoms with E-state index in [4.69, 9.17) is 5.11 Å². The van der Waals surface area contributed by atoms with E-state index in [0.29, 0.717) is 23.1 Å². The Hall–Kier alpha value is -2.37. The molecule has 6 nitrogen and oxygen atoms in total. The van der Waals surface area contributed by atoms with Gasteiger partial charge in [-0.15, -0.1) is 0 Å². The number of rotatable bonds is 5. The molecule has 2 saturated carbocycles. The second-order valence-electron chi connectivity index (χ2n) is 6.74. The van der Waals surface area contributed by atoms with Crippen LogP contribution in [0.3, 0.4) is 0 Å². The number of fused-ring (bicyclic) bond motifs is 1. The zero-order valence-corrected chi connectivity index (χ0v) is 13.6. The fourth-order valence-corrected chi connectivity index (χ4v) is 3.65. The average Bonchev–Trinajstić information content (AvgIpc) is 3.29. The minimum absolute atomic E-state index is 0.0728. The van der Waals surface area contributed by atoms with Crippen LogP contribution in [0.25, 0.3) is 0 Å². The summed E-state index contributed by atoms with van der Waals surface area (Å²) in [5, 5.41) is 14.1. The first-order chi connectivity index (χ1) is 11.5. The van der Waals surface area contributed by atoms with Crippen molar-refractivity contribution in [3.63, 3.8) is 0 Å². The number of carboxylic acid groups (broad SMARTS) is 1. The molecule has 2 amide bonds. The van der Waals surface area contributed by atoms with E-state index in [1.165, 1.54) is 19.8 Å². The number of amides is 2. The Morgan fingerprint density at radius 3 is 2.21 bits per heavy atom. The Kier molecular flexibility index (Phi) is 4.55. The number of nitrogens with one attached hydrogen (secondary N) is 2. The second-order valence-corrected chi connectivity index (χ2v) is 6.74. The van der Waals surface area contributed by atoms with Crippen molar-refractivity contribution in [2.45, 2.75) is 38.6 Å². The van der Waals surface area contributed by atoms with E-state index in [9.17, 15) is 14.4 Å². The van der Waals surface area contributed by atoms with Crippen molar-refractivity contribution in [1.82, 2.24) is 5.32 Å². The van der Waals surface area contributed by atoms with Crippen molar-refractivity contribution in [1.29, 1.82) is 0 Å². The molecule has 6 heteroatoms. The summed E-state index contributed by atoms with van der Waals surface area (Å²) in [6, 6.07) is 5.56. The Bertz CT molecular complexity index is 643. The molecule has 24 heavy (non-hydrogen) atoms. The van der Waals surface area contributed by atoms with Gasteiger partial charge in [-0.2, -0.15) is 0 Å². The molecule has 2 fully saturated rings. The van der Waals surface area contributed by atoms with E-state index in [2.05, 4.69) is 10.6 Å². The van der Waals surface area contributed by atoms with Crippen molar-refractivity contribution in [2.24, 2.45) is 17.8 Å². The van der Waals surface area contributed by atoms with Crippen LogP contribution in [0, 0.1) is 17.8 Å². The Morgan fingerprint density at radius 1 is 1.08 bits per heavy atom. The highest BCUT2D eigenvalue weighted by Gasteiger charge is 2.54. The van der Waals surface area contributed by atoms with Crippen molar-refractivity contribution in [3.8, 4) is 0 Å². The predicted molar refractivity (Wildman–Crippen MR) is 88.6 cm³/mol. The van der Waals surface area contributed by atoms with Gasteiger partial charge in [0.25, 0.3) is 5.91 Å². The molecule has 3 N–H and O–H groups in total. The van der Waals surface area contributed by atoms with Gasteiger partial charge in [-0.3, -0.25) is 14.4 Å². The molecule has 3 atom stereocenters. The molecule has 0 heterocycles. The summed E-state index contributed by atoms with van der Waals surface area (Å²) in [6.45, 7) is 1.41.